The van der Waals surface area contributed by atoms with Crippen LogP contribution in [0.4, 0.5) is 5.69 Å². The van der Waals surface area contributed by atoms with Crippen molar-refractivity contribution in [2.75, 3.05) is 38.1 Å². The molecular formula is C21H27N5O3. The fourth-order valence-corrected chi connectivity index (χ4v) is 3.78. The summed E-state index contributed by atoms with van der Waals surface area (Å²) >= 11 is 0. The Morgan fingerprint density at radius 2 is 2.07 bits per heavy atom. The molecule has 0 spiro atoms. The van der Waals surface area contributed by atoms with Crippen LogP contribution in [-0.2, 0) is 4.79 Å². The number of aromatic nitrogens is 2. The van der Waals surface area contributed by atoms with Crippen molar-refractivity contribution in [1.82, 2.24) is 20.0 Å². The number of benzene rings is 1. The van der Waals surface area contributed by atoms with Crippen molar-refractivity contribution in [3.63, 3.8) is 0 Å². The van der Waals surface area contributed by atoms with Crippen LogP contribution in [-0.4, -0.2) is 59.3 Å². The van der Waals surface area contributed by atoms with E-state index < -0.39 is 0 Å². The first kappa shape index (κ1) is 19.4. The smallest absolute Gasteiger partial charge is 0.276 e. The molecule has 2 saturated heterocycles. The van der Waals surface area contributed by atoms with Gasteiger partial charge in [0.2, 0.25) is 0 Å². The number of amides is 2. The first-order valence-electron chi connectivity index (χ1n) is 10.3. The summed E-state index contributed by atoms with van der Waals surface area (Å²) in [7, 11) is 0. The van der Waals surface area contributed by atoms with Gasteiger partial charge in [0.1, 0.15) is 5.75 Å². The molecule has 2 N–H and O–H groups in total. The Bertz CT molecular complexity index is 854. The number of carbonyl (C=O) groups is 2. The molecule has 154 valence electrons. The predicted molar refractivity (Wildman–Crippen MR) is 109 cm³/mol. The van der Waals surface area contributed by atoms with Crippen molar-refractivity contribution in [2.45, 2.75) is 31.7 Å². The molecule has 0 saturated carbocycles. The van der Waals surface area contributed by atoms with Gasteiger partial charge in [0, 0.05) is 37.6 Å². The average molecular weight is 397 g/mol. The van der Waals surface area contributed by atoms with Gasteiger partial charge in [-0.05, 0) is 50.4 Å². The Hall–Kier alpha value is -2.87. The van der Waals surface area contributed by atoms with Crippen LogP contribution in [0, 0.1) is 0 Å². The molecule has 1 unspecified atom stereocenters. The molecule has 1 aromatic heterocycles. The van der Waals surface area contributed by atoms with E-state index >= 15 is 0 Å². The van der Waals surface area contributed by atoms with E-state index in [-0.39, 0.29) is 24.5 Å². The molecule has 4 rings (SSSR count). The molecule has 1 atom stereocenters. The Balaban J connectivity index is 1.33. The van der Waals surface area contributed by atoms with E-state index in [2.05, 4.69) is 15.7 Å². The quantitative estimate of drug-likeness (QED) is 0.779. The normalized spacial score (nSPS) is 19.2. The summed E-state index contributed by atoms with van der Waals surface area (Å²) in [6.45, 7) is 3.53. The van der Waals surface area contributed by atoms with Crippen molar-refractivity contribution in [3.05, 3.63) is 42.2 Å². The van der Waals surface area contributed by atoms with Gasteiger partial charge in [-0.25, -0.2) is 0 Å². The molecule has 2 fully saturated rings. The van der Waals surface area contributed by atoms with Crippen LogP contribution in [0.15, 0.2) is 36.5 Å². The average Bonchev–Trinajstić information content (AvgIpc) is 3.45. The number of nitrogens with one attached hydrogen (secondary N) is 2. The lowest BCUT2D eigenvalue weighted by Crippen LogP contribution is -2.32. The van der Waals surface area contributed by atoms with Crippen molar-refractivity contribution >= 4 is 17.5 Å². The molecule has 2 aromatic rings. The molecule has 29 heavy (non-hydrogen) atoms. The third-order valence-electron chi connectivity index (χ3n) is 5.40. The van der Waals surface area contributed by atoms with E-state index in [1.807, 2.05) is 15.8 Å². The highest BCUT2D eigenvalue weighted by atomic mass is 16.5. The van der Waals surface area contributed by atoms with Crippen LogP contribution in [0.25, 0.3) is 0 Å². The van der Waals surface area contributed by atoms with Crippen LogP contribution in [0.2, 0.25) is 0 Å². The van der Waals surface area contributed by atoms with E-state index in [4.69, 9.17) is 4.74 Å². The summed E-state index contributed by atoms with van der Waals surface area (Å²) in [6, 6.07) is 9.09. The Morgan fingerprint density at radius 1 is 1.21 bits per heavy atom. The molecule has 2 amide bonds. The second-order valence-corrected chi connectivity index (χ2v) is 7.54. The van der Waals surface area contributed by atoms with Crippen molar-refractivity contribution in [1.29, 1.82) is 0 Å². The van der Waals surface area contributed by atoms with Crippen molar-refractivity contribution < 1.29 is 14.3 Å². The fourth-order valence-electron chi connectivity index (χ4n) is 3.78. The standard InChI is InChI=1S/C21H27N5O3/c27-20(25-10-1-2-11-25)15-29-18-7-3-5-16(13-18)23-21(28)19-8-12-26(24-19)17-6-4-9-22-14-17/h3,5,7-8,12-13,17,22H,1-2,4,6,9-11,14-15H2,(H,23,28). The molecule has 8 heteroatoms. The number of hydrogen-bond donors (Lipinski definition) is 2. The summed E-state index contributed by atoms with van der Waals surface area (Å²) in [5.74, 6) is 0.284. The van der Waals surface area contributed by atoms with Gasteiger partial charge in [-0.1, -0.05) is 6.07 Å². The maximum Gasteiger partial charge on any atom is 0.276 e. The van der Waals surface area contributed by atoms with Crippen molar-refractivity contribution in [3.8, 4) is 5.75 Å². The first-order chi connectivity index (χ1) is 14.2. The van der Waals surface area contributed by atoms with Crippen LogP contribution < -0.4 is 15.4 Å². The van der Waals surface area contributed by atoms with Crippen LogP contribution in [0.3, 0.4) is 0 Å². The lowest BCUT2D eigenvalue weighted by atomic mass is 10.1. The van der Waals surface area contributed by atoms with Crippen molar-refractivity contribution in [2.24, 2.45) is 0 Å². The number of ether oxygens (including phenoxy) is 1. The number of piperidine rings is 1. The fraction of sp³-hybridized carbons (Fsp3) is 0.476. The Kier molecular flexibility index (Phi) is 6.09. The van der Waals surface area contributed by atoms with E-state index in [0.717, 1.165) is 51.9 Å². The third-order valence-corrected chi connectivity index (χ3v) is 5.40. The van der Waals surface area contributed by atoms with E-state index in [9.17, 15) is 9.59 Å². The van der Waals surface area contributed by atoms with E-state index in [1.165, 1.54) is 0 Å². The number of carbonyl (C=O) groups excluding carboxylic acids is 2. The lowest BCUT2D eigenvalue weighted by Gasteiger charge is -2.22. The molecule has 0 radical (unpaired) electrons. The number of rotatable bonds is 6. The third kappa shape index (κ3) is 4.95. The molecule has 3 heterocycles. The van der Waals surface area contributed by atoms with Gasteiger partial charge in [-0.3, -0.25) is 14.3 Å². The summed E-state index contributed by atoms with van der Waals surface area (Å²) in [5.41, 5.74) is 0.987. The highest BCUT2D eigenvalue weighted by molar-refractivity contribution is 6.02. The number of hydrogen-bond acceptors (Lipinski definition) is 5. The number of likely N-dealkylation sites (tertiary alicyclic amines) is 1. The largest absolute Gasteiger partial charge is 0.484 e. The van der Waals surface area contributed by atoms with E-state index in [0.29, 0.717) is 17.1 Å². The van der Waals surface area contributed by atoms with E-state index in [1.54, 1.807) is 30.3 Å². The molecule has 0 bridgehead atoms. The maximum absolute atomic E-state index is 12.6. The summed E-state index contributed by atoms with van der Waals surface area (Å²) in [5, 5.41) is 10.6. The minimum absolute atomic E-state index is 0.000295. The molecule has 2 aliphatic heterocycles. The topological polar surface area (TPSA) is 88.5 Å². The second-order valence-electron chi connectivity index (χ2n) is 7.54. The minimum atomic E-state index is -0.266. The van der Waals surface area contributed by atoms with Gasteiger partial charge in [-0.15, -0.1) is 0 Å². The summed E-state index contributed by atoms with van der Waals surface area (Å²) in [6.07, 6.45) is 6.14. The van der Waals surface area contributed by atoms with Crippen LogP contribution in [0.5, 0.6) is 5.75 Å². The first-order valence-corrected chi connectivity index (χ1v) is 10.3. The molecule has 0 aliphatic carbocycles. The monoisotopic (exact) mass is 397 g/mol. The molecule has 8 nitrogen and oxygen atoms in total. The minimum Gasteiger partial charge on any atom is -0.484 e. The highest BCUT2D eigenvalue weighted by Gasteiger charge is 2.19. The maximum atomic E-state index is 12.6. The summed E-state index contributed by atoms with van der Waals surface area (Å²) < 4.78 is 7.49. The molecule has 1 aromatic carbocycles. The lowest BCUT2D eigenvalue weighted by molar-refractivity contribution is -0.132. The van der Waals surface area contributed by atoms with Gasteiger partial charge in [0.05, 0.1) is 6.04 Å². The van der Waals surface area contributed by atoms with Crippen LogP contribution in [0.1, 0.15) is 42.2 Å². The molecule has 2 aliphatic rings. The van der Waals surface area contributed by atoms with Gasteiger partial charge < -0.3 is 20.3 Å². The second kappa shape index (κ2) is 9.09. The number of anilines is 1. The Morgan fingerprint density at radius 3 is 2.86 bits per heavy atom. The molecular weight excluding hydrogens is 370 g/mol. The zero-order valence-electron chi connectivity index (χ0n) is 16.5. The van der Waals surface area contributed by atoms with Gasteiger partial charge in [-0.2, -0.15) is 5.10 Å². The zero-order valence-corrected chi connectivity index (χ0v) is 16.5. The number of nitrogens with zero attached hydrogens (tertiary/aromatic N) is 3. The Labute approximate surface area is 170 Å². The van der Waals surface area contributed by atoms with Gasteiger partial charge in [0.25, 0.3) is 11.8 Å². The van der Waals surface area contributed by atoms with Gasteiger partial charge in [0.15, 0.2) is 12.3 Å². The van der Waals surface area contributed by atoms with Gasteiger partial charge >= 0.3 is 0 Å². The SMILES string of the molecule is O=C(Nc1cccc(OCC(=O)N2CCCC2)c1)c1ccn(C2CCCNC2)n1. The highest BCUT2D eigenvalue weighted by Crippen LogP contribution is 2.19. The zero-order chi connectivity index (χ0) is 20.1. The predicted octanol–water partition coefficient (Wildman–Crippen LogP) is 2.06. The van der Waals surface area contributed by atoms with Crippen LogP contribution >= 0.6 is 0 Å². The summed E-state index contributed by atoms with van der Waals surface area (Å²) in [4.78, 5) is 26.5.